The maximum atomic E-state index is 5.71. The number of fused-ring (bicyclic) bond motifs is 1. The topological polar surface area (TPSA) is 48.3 Å². The van der Waals surface area contributed by atoms with Gasteiger partial charge in [0.1, 0.15) is 11.5 Å². The van der Waals surface area contributed by atoms with Crippen molar-refractivity contribution in [3.05, 3.63) is 42.2 Å². The molecule has 0 fully saturated rings. The van der Waals surface area contributed by atoms with Gasteiger partial charge in [0, 0.05) is 37.0 Å². The molecule has 112 valence electrons. The summed E-state index contributed by atoms with van der Waals surface area (Å²) in [6, 6.07) is 8.29. The largest absolute Gasteiger partial charge is 0.497 e. The molecule has 0 aliphatic carbocycles. The molecule has 1 unspecified atom stereocenters. The van der Waals surface area contributed by atoms with Crippen molar-refractivity contribution < 1.29 is 9.47 Å². The molecule has 3 rings (SSSR count). The van der Waals surface area contributed by atoms with Crippen molar-refractivity contribution >= 4 is 0 Å². The number of methoxy groups -OCH3 is 1. The van der Waals surface area contributed by atoms with E-state index < -0.39 is 0 Å². The summed E-state index contributed by atoms with van der Waals surface area (Å²) in [5.74, 6) is 1.84. The van der Waals surface area contributed by atoms with E-state index in [4.69, 9.17) is 9.47 Å². The average Bonchev–Trinajstić information content (AvgIpc) is 3.04. The molecule has 1 N–H and O–H groups in total. The van der Waals surface area contributed by atoms with Crippen LogP contribution in [0.5, 0.6) is 11.5 Å². The van der Waals surface area contributed by atoms with Gasteiger partial charge >= 0.3 is 0 Å². The lowest BCUT2D eigenvalue weighted by atomic mass is 10.00. The number of aromatic nitrogens is 2. The van der Waals surface area contributed by atoms with E-state index in [2.05, 4.69) is 16.5 Å². The molecule has 1 aromatic heterocycles. The van der Waals surface area contributed by atoms with Crippen LogP contribution in [0.3, 0.4) is 0 Å². The van der Waals surface area contributed by atoms with E-state index >= 15 is 0 Å². The maximum absolute atomic E-state index is 5.71. The van der Waals surface area contributed by atoms with Gasteiger partial charge in [0.2, 0.25) is 0 Å². The number of ether oxygens (including phenoxy) is 2. The molecule has 0 spiro atoms. The molecule has 0 saturated carbocycles. The van der Waals surface area contributed by atoms with Gasteiger partial charge < -0.3 is 14.8 Å². The second-order valence-corrected chi connectivity index (χ2v) is 5.17. The van der Waals surface area contributed by atoms with Crippen molar-refractivity contribution in [2.45, 2.75) is 25.4 Å². The highest BCUT2D eigenvalue weighted by Crippen LogP contribution is 2.34. The van der Waals surface area contributed by atoms with Gasteiger partial charge in [0.05, 0.1) is 13.7 Å². The number of nitrogens with one attached hydrogen (secondary N) is 1. The number of benzene rings is 1. The average molecular weight is 287 g/mol. The molecule has 1 atom stereocenters. The highest BCUT2D eigenvalue weighted by atomic mass is 16.5. The van der Waals surface area contributed by atoms with Crippen LogP contribution in [0.15, 0.2) is 36.7 Å². The molecule has 1 aliphatic rings. The highest BCUT2D eigenvalue weighted by Gasteiger charge is 2.21. The Morgan fingerprint density at radius 1 is 1.48 bits per heavy atom. The molecule has 0 amide bonds. The standard InChI is InChI=1S/C16H21N3O2/c1-20-13-4-5-16-14(12-13)15(6-11-21-16)17-7-2-9-19-10-3-8-18-19/h3-5,8,10,12,15,17H,2,6-7,9,11H2,1H3. The van der Waals surface area contributed by atoms with E-state index in [0.29, 0.717) is 6.04 Å². The van der Waals surface area contributed by atoms with Gasteiger partial charge in [-0.25, -0.2) is 0 Å². The minimum absolute atomic E-state index is 0.335. The van der Waals surface area contributed by atoms with Crippen molar-refractivity contribution in [3.8, 4) is 11.5 Å². The Hall–Kier alpha value is -2.01. The zero-order valence-electron chi connectivity index (χ0n) is 12.3. The lowest BCUT2D eigenvalue weighted by Crippen LogP contribution is -2.28. The summed E-state index contributed by atoms with van der Waals surface area (Å²) in [6.45, 7) is 2.66. The summed E-state index contributed by atoms with van der Waals surface area (Å²) >= 11 is 0. The lowest BCUT2D eigenvalue weighted by molar-refractivity contribution is 0.251. The zero-order chi connectivity index (χ0) is 14.5. The van der Waals surface area contributed by atoms with Gasteiger partial charge in [-0.1, -0.05) is 0 Å². The first kappa shape index (κ1) is 13.9. The van der Waals surface area contributed by atoms with Gasteiger partial charge in [-0.05, 0) is 37.2 Å². The summed E-state index contributed by atoms with van der Waals surface area (Å²) in [4.78, 5) is 0. The first-order valence-electron chi connectivity index (χ1n) is 7.38. The van der Waals surface area contributed by atoms with Crippen LogP contribution in [0.2, 0.25) is 0 Å². The Morgan fingerprint density at radius 2 is 2.43 bits per heavy atom. The van der Waals surface area contributed by atoms with Crippen LogP contribution in [0.1, 0.15) is 24.4 Å². The molecule has 0 radical (unpaired) electrons. The molecule has 0 bridgehead atoms. The fraction of sp³-hybridized carbons (Fsp3) is 0.438. The fourth-order valence-corrected chi connectivity index (χ4v) is 2.66. The fourth-order valence-electron chi connectivity index (χ4n) is 2.66. The van der Waals surface area contributed by atoms with E-state index in [-0.39, 0.29) is 0 Å². The summed E-state index contributed by atoms with van der Waals surface area (Å²) in [5, 5.41) is 7.83. The summed E-state index contributed by atoms with van der Waals surface area (Å²) in [6.07, 6.45) is 5.85. The van der Waals surface area contributed by atoms with Crippen LogP contribution < -0.4 is 14.8 Å². The number of hydrogen-bond donors (Lipinski definition) is 1. The number of rotatable bonds is 6. The van der Waals surface area contributed by atoms with Gasteiger partial charge in [0.25, 0.3) is 0 Å². The molecule has 1 aromatic carbocycles. The van der Waals surface area contributed by atoms with Crippen LogP contribution in [0, 0.1) is 0 Å². The highest BCUT2D eigenvalue weighted by molar-refractivity contribution is 5.43. The molecule has 2 heterocycles. The van der Waals surface area contributed by atoms with E-state index in [1.807, 2.05) is 35.3 Å². The molecular formula is C16H21N3O2. The van der Waals surface area contributed by atoms with E-state index in [0.717, 1.165) is 44.0 Å². The van der Waals surface area contributed by atoms with Crippen LogP contribution in [0.4, 0.5) is 0 Å². The molecule has 1 aliphatic heterocycles. The molecule has 21 heavy (non-hydrogen) atoms. The third-order valence-electron chi connectivity index (χ3n) is 3.77. The van der Waals surface area contributed by atoms with Crippen molar-refractivity contribution in [2.75, 3.05) is 20.3 Å². The Labute approximate surface area is 124 Å². The minimum atomic E-state index is 0.335. The first-order valence-corrected chi connectivity index (χ1v) is 7.38. The maximum Gasteiger partial charge on any atom is 0.124 e. The predicted octanol–water partition coefficient (Wildman–Crippen LogP) is 2.40. The normalized spacial score (nSPS) is 17.1. The van der Waals surface area contributed by atoms with Crippen molar-refractivity contribution in [2.24, 2.45) is 0 Å². The number of nitrogens with zero attached hydrogens (tertiary/aromatic N) is 2. The third kappa shape index (κ3) is 3.36. The second kappa shape index (κ2) is 6.63. The van der Waals surface area contributed by atoms with Crippen LogP contribution in [0.25, 0.3) is 0 Å². The van der Waals surface area contributed by atoms with Crippen LogP contribution in [-0.4, -0.2) is 30.0 Å². The second-order valence-electron chi connectivity index (χ2n) is 5.17. The smallest absolute Gasteiger partial charge is 0.124 e. The van der Waals surface area contributed by atoms with Gasteiger partial charge in [-0.15, -0.1) is 0 Å². The van der Waals surface area contributed by atoms with Crippen LogP contribution >= 0.6 is 0 Å². The van der Waals surface area contributed by atoms with Gasteiger partial charge in [0.15, 0.2) is 0 Å². The first-order chi connectivity index (χ1) is 10.4. The number of hydrogen-bond acceptors (Lipinski definition) is 4. The summed E-state index contributed by atoms with van der Waals surface area (Å²) < 4.78 is 13.0. The van der Waals surface area contributed by atoms with Gasteiger partial charge in [-0.3, -0.25) is 4.68 Å². The van der Waals surface area contributed by atoms with E-state index in [1.165, 1.54) is 5.56 Å². The predicted molar refractivity (Wildman–Crippen MR) is 80.7 cm³/mol. The van der Waals surface area contributed by atoms with Gasteiger partial charge in [-0.2, -0.15) is 5.10 Å². The molecule has 5 nitrogen and oxygen atoms in total. The lowest BCUT2D eigenvalue weighted by Gasteiger charge is -2.27. The van der Waals surface area contributed by atoms with E-state index in [9.17, 15) is 0 Å². The summed E-state index contributed by atoms with van der Waals surface area (Å²) in [5.41, 5.74) is 1.19. The van der Waals surface area contributed by atoms with Crippen molar-refractivity contribution in [3.63, 3.8) is 0 Å². The molecule has 5 heteroatoms. The molecular weight excluding hydrogens is 266 g/mol. The van der Waals surface area contributed by atoms with Crippen LogP contribution in [-0.2, 0) is 6.54 Å². The van der Waals surface area contributed by atoms with Crippen molar-refractivity contribution in [1.29, 1.82) is 0 Å². The van der Waals surface area contributed by atoms with E-state index in [1.54, 1.807) is 7.11 Å². The zero-order valence-corrected chi connectivity index (χ0v) is 12.3. The quantitative estimate of drug-likeness (QED) is 0.829. The Morgan fingerprint density at radius 3 is 3.24 bits per heavy atom. The Bertz CT molecular complexity index is 569. The SMILES string of the molecule is COc1ccc2c(c1)C(NCCCn1cccn1)CCO2. The Balaban J connectivity index is 1.57. The molecule has 0 saturated heterocycles. The number of aryl methyl sites for hydroxylation is 1. The monoisotopic (exact) mass is 287 g/mol. The summed E-state index contributed by atoms with van der Waals surface area (Å²) in [7, 11) is 1.69. The molecule has 2 aromatic rings. The third-order valence-corrected chi connectivity index (χ3v) is 3.77. The Kier molecular flexibility index (Phi) is 4.40. The van der Waals surface area contributed by atoms with Crippen molar-refractivity contribution in [1.82, 2.24) is 15.1 Å². The minimum Gasteiger partial charge on any atom is -0.497 e.